The van der Waals surface area contributed by atoms with E-state index in [1.165, 1.54) is 12.8 Å². The van der Waals surface area contributed by atoms with E-state index >= 15 is 0 Å². The van der Waals surface area contributed by atoms with Crippen molar-refractivity contribution >= 4 is 22.2 Å². The summed E-state index contributed by atoms with van der Waals surface area (Å²) >= 11 is 1.60. The number of imidazole rings is 1. The zero-order valence-electron chi connectivity index (χ0n) is 13.4. The van der Waals surface area contributed by atoms with Crippen LogP contribution in [-0.2, 0) is 11.2 Å². The first-order valence-electron chi connectivity index (χ1n) is 7.99. The molecule has 2 aromatic heterocycles. The van der Waals surface area contributed by atoms with E-state index in [4.69, 9.17) is 0 Å². The van der Waals surface area contributed by atoms with Gasteiger partial charge in [-0.15, -0.1) is 11.3 Å². The number of rotatable bonds is 6. The predicted molar refractivity (Wildman–Crippen MR) is 89.3 cm³/mol. The summed E-state index contributed by atoms with van der Waals surface area (Å²) in [6, 6.07) is 0.427. The van der Waals surface area contributed by atoms with Crippen LogP contribution in [0, 0.1) is 0 Å². The second-order valence-corrected chi connectivity index (χ2v) is 7.20. The monoisotopic (exact) mass is 320 g/mol. The van der Waals surface area contributed by atoms with Crippen LogP contribution in [0.1, 0.15) is 31.4 Å². The van der Waals surface area contributed by atoms with E-state index in [0.717, 1.165) is 36.6 Å². The molecule has 3 rings (SSSR count). The van der Waals surface area contributed by atoms with Crippen LogP contribution >= 0.6 is 11.3 Å². The third-order valence-corrected chi connectivity index (χ3v) is 5.12. The molecule has 5 nitrogen and oxygen atoms in total. The molecule has 1 saturated carbocycles. The highest BCUT2D eigenvalue weighted by atomic mass is 32.1. The molecule has 1 fully saturated rings. The van der Waals surface area contributed by atoms with Crippen LogP contribution in [0.5, 0.6) is 0 Å². The average molecular weight is 320 g/mol. The zero-order valence-corrected chi connectivity index (χ0v) is 14.2. The molecule has 120 valence electrons. The van der Waals surface area contributed by atoms with Gasteiger partial charge in [0.1, 0.15) is 0 Å². The molecule has 0 atom stereocenters. The van der Waals surface area contributed by atoms with E-state index in [-0.39, 0.29) is 5.91 Å². The summed E-state index contributed by atoms with van der Waals surface area (Å²) in [7, 11) is 4.11. The Bertz CT molecular complexity index is 598. The zero-order chi connectivity index (χ0) is 15.5. The number of hydrogen-bond acceptors (Lipinski definition) is 4. The molecule has 6 heteroatoms. The molecule has 22 heavy (non-hydrogen) atoms. The Morgan fingerprint density at radius 3 is 2.82 bits per heavy atom. The highest BCUT2D eigenvalue weighted by molar-refractivity contribution is 7.15. The molecule has 1 aliphatic rings. The van der Waals surface area contributed by atoms with Crippen molar-refractivity contribution in [3.05, 3.63) is 23.5 Å². The molecule has 2 aromatic rings. The Balaban J connectivity index is 1.68. The molecule has 0 N–H and O–H groups in total. The molecule has 1 amide bonds. The van der Waals surface area contributed by atoms with Gasteiger partial charge in [0.2, 0.25) is 5.91 Å². The summed E-state index contributed by atoms with van der Waals surface area (Å²) in [5.41, 5.74) is 0.879. The van der Waals surface area contributed by atoms with Gasteiger partial charge in [0.15, 0.2) is 4.96 Å². The van der Waals surface area contributed by atoms with E-state index in [2.05, 4.69) is 28.9 Å². The second-order valence-electron chi connectivity index (χ2n) is 6.33. The molecule has 0 unspecified atom stereocenters. The average Bonchev–Trinajstić information content (AvgIpc) is 3.14. The van der Waals surface area contributed by atoms with E-state index < -0.39 is 0 Å². The van der Waals surface area contributed by atoms with Gasteiger partial charge in [0, 0.05) is 36.9 Å². The minimum absolute atomic E-state index is 0.222. The number of hydrogen-bond donors (Lipinski definition) is 0. The van der Waals surface area contributed by atoms with Gasteiger partial charge in [-0.05, 0) is 26.9 Å². The molecule has 0 radical (unpaired) electrons. The Hall–Kier alpha value is -1.40. The van der Waals surface area contributed by atoms with Gasteiger partial charge in [-0.3, -0.25) is 9.20 Å². The van der Waals surface area contributed by atoms with Crippen molar-refractivity contribution < 1.29 is 4.79 Å². The highest BCUT2D eigenvalue weighted by Gasteiger charge is 2.26. The van der Waals surface area contributed by atoms with Crippen molar-refractivity contribution in [1.29, 1.82) is 0 Å². The van der Waals surface area contributed by atoms with Crippen LogP contribution in [0.2, 0.25) is 0 Å². The third-order valence-electron chi connectivity index (χ3n) is 4.35. The number of thiazole rings is 1. The Morgan fingerprint density at radius 2 is 2.14 bits per heavy atom. The Labute approximate surface area is 135 Å². The summed E-state index contributed by atoms with van der Waals surface area (Å²) in [6.07, 6.45) is 9.17. The first-order valence-corrected chi connectivity index (χ1v) is 8.87. The van der Waals surface area contributed by atoms with Gasteiger partial charge in [-0.1, -0.05) is 12.8 Å². The minimum Gasteiger partial charge on any atom is -0.338 e. The normalized spacial score (nSPS) is 16.0. The summed E-state index contributed by atoms with van der Waals surface area (Å²) in [5, 5.41) is 2.01. The van der Waals surface area contributed by atoms with Crippen LogP contribution in [0.25, 0.3) is 4.96 Å². The Morgan fingerprint density at radius 1 is 1.36 bits per heavy atom. The Kier molecular flexibility index (Phi) is 4.78. The number of fused-ring (bicyclic) bond motifs is 1. The maximum Gasteiger partial charge on any atom is 0.228 e. The SMILES string of the molecule is CN(C)CCN(C(=O)Cc1cn2ccsc2n1)C1CCCC1. The predicted octanol–water partition coefficient (Wildman–Crippen LogP) is 2.27. The quantitative estimate of drug-likeness (QED) is 0.820. The van der Waals surface area contributed by atoms with Crippen molar-refractivity contribution in [3.63, 3.8) is 0 Å². The van der Waals surface area contributed by atoms with E-state index in [0.29, 0.717) is 12.5 Å². The van der Waals surface area contributed by atoms with Crippen molar-refractivity contribution in [2.24, 2.45) is 0 Å². The third kappa shape index (κ3) is 3.50. The number of aromatic nitrogens is 2. The molecule has 1 aliphatic carbocycles. The largest absolute Gasteiger partial charge is 0.338 e. The fraction of sp³-hybridized carbons (Fsp3) is 0.625. The van der Waals surface area contributed by atoms with Gasteiger partial charge in [-0.2, -0.15) is 0 Å². The topological polar surface area (TPSA) is 40.9 Å². The molecule has 0 aromatic carbocycles. The number of carbonyl (C=O) groups excluding carboxylic acids is 1. The van der Waals surface area contributed by atoms with Gasteiger partial charge in [-0.25, -0.2) is 4.98 Å². The molecule has 0 aliphatic heterocycles. The highest BCUT2D eigenvalue weighted by Crippen LogP contribution is 2.24. The van der Waals surface area contributed by atoms with Crippen LogP contribution in [0.15, 0.2) is 17.8 Å². The first-order chi connectivity index (χ1) is 10.6. The number of amides is 1. The lowest BCUT2D eigenvalue weighted by molar-refractivity contribution is -0.132. The smallest absolute Gasteiger partial charge is 0.228 e. The number of likely N-dealkylation sites (N-methyl/N-ethyl adjacent to an activating group) is 1. The first kappa shape index (κ1) is 15.5. The summed E-state index contributed by atoms with van der Waals surface area (Å²) in [4.78, 5) is 22.5. The summed E-state index contributed by atoms with van der Waals surface area (Å²) in [6.45, 7) is 1.74. The molecule has 0 saturated heterocycles. The van der Waals surface area contributed by atoms with Gasteiger partial charge >= 0.3 is 0 Å². The molecule has 0 spiro atoms. The van der Waals surface area contributed by atoms with Crippen LogP contribution in [0.3, 0.4) is 0 Å². The molecule has 0 bridgehead atoms. The maximum absolute atomic E-state index is 12.8. The van der Waals surface area contributed by atoms with Crippen LogP contribution < -0.4 is 0 Å². The molecular formula is C16H24N4OS. The standard InChI is InChI=1S/C16H24N4OS/c1-18(2)7-8-20(14-5-3-4-6-14)15(21)11-13-12-19-9-10-22-16(19)17-13/h9-10,12,14H,3-8,11H2,1-2H3. The van der Waals surface area contributed by atoms with Crippen molar-refractivity contribution in [3.8, 4) is 0 Å². The van der Waals surface area contributed by atoms with Gasteiger partial charge < -0.3 is 9.80 Å². The molecule has 2 heterocycles. The van der Waals surface area contributed by atoms with E-state index in [1.807, 2.05) is 22.2 Å². The number of carbonyl (C=O) groups is 1. The fourth-order valence-corrected chi connectivity index (χ4v) is 3.87. The van der Waals surface area contributed by atoms with Crippen molar-refractivity contribution in [1.82, 2.24) is 19.2 Å². The number of nitrogens with zero attached hydrogens (tertiary/aromatic N) is 4. The minimum atomic E-state index is 0.222. The van der Waals surface area contributed by atoms with Crippen LogP contribution in [-0.4, -0.2) is 58.3 Å². The van der Waals surface area contributed by atoms with Gasteiger partial charge in [0.25, 0.3) is 0 Å². The van der Waals surface area contributed by atoms with Gasteiger partial charge in [0.05, 0.1) is 12.1 Å². The second kappa shape index (κ2) is 6.79. The molecular weight excluding hydrogens is 296 g/mol. The lowest BCUT2D eigenvalue weighted by Crippen LogP contribution is -2.43. The lowest BCUT2D eigenvalue weighted by Gasteiger charge is -2.30. The van der Waals surface area contributed by atoms with E-state index in [1.54, 1.807) is 11.3 Å². The van der Waals surface area contributed by atoms with Crippen molar-refractivity contribution in [2.45, 2.75) is 38.1 Å². The maximum atomic E-state index is 12.8. The fourth-order valence-electron chi connectivity index (χ4n) is 3.15. The summed E-state index contributed by atoms with van der Waals surface area (Å²) < 4.78 is 1.99. The van der Waals surface area contributed by atoms with E-state index in [9.17, 15) is 4.79 Å². The van der Waals surface area contributed by atoms with Crippen LogP contribution in [0.4, 0.5) is 0 Å². The van der Waals surface area contributed by atoms with Crippen molar-refractivity contribution in [2.75, 3.05) is 27.2 Å². The lowest BCUT2D eigenvalue weighted by atomic mass is 10.1. The summed E-state index contributed by atoms with van der Waals surface area (Å²) in [5.74, 6) is 0.222.